The van der Waals surface area contributed by atoms with Crippen LogP contribution in [0.25, 0.3) is 0 Å². The molecule has 0 aliphatic rings. The lowest BCUT2D eigenvalue weighted by Gasteiger charge is -2.09. The van der Waals surface area contributed by atoms with Crippen LogP contribution in [0.5, 0.6) is 0 Å². The maximum Gasteiger partial charge on any atom is 0.321 e. The summed E-state index contributed by atoms with van der Waals surface area (Å²) in [5, 5.41) is 12.1. The van der Waals surface area contributed by atoms with Crippen molar-refractivity contribution in [2.45, 2.75) is 32.0 Å². The van der Waals surface area contributed by atoms with Crippen LogP contribution in [0.2, 0.25) is 0 Å². The molecule has 0 radical (unpaired) electrons. The highest BCUT2D eigenvalue weighted by molar-refractivity contribution is 7.99. The van der Waals surface area contributed by atoms with Gasteiger partial charge in [0.2, 0.25) is 11.1 Å². The molecule has 1 heterocycles. The lowest BCUT2D eigenvalue weighted by molar-refractivity contribution is -0.117. The van der Waals surface area contributed by atoms with E-state index in [1.165, 1.54) is 6.92 Å². The molecule has 20 heavy (non-hydrogen) atoms. The summed E-state index contributed by atoms with van der Waals surface area (Å²) in [7, 11) is 0. The summed E-state index contributed by atoms with van der Waals surface area (Å²) in [5.74, 6) is 4.87. The standard InChI is InChI=1S/C10H16N6O3S/c1-5(2)12-9(19)13-7(17)4-20-10-15-14-6(3)8(18)16(10)11/h5H,4,11H2,1-3H3,(H2,12,13,17,19). The number of nitrogens with one attached hydrogen (secondary N) is 2. The van der Waals surface area contributed by atoms with Gasteiger partial charge in [-0.05, 0) is 20.8 Å². The van der Waals surface area contributed by atoms with Gasteiger partial charge in [0.05, 0.1) is 5.75 Å². The van der Waals surface area contributed by atoms with Crippen molar-refractivity contribution in [1.29, 1.82) is 0 Å². The van der Waals surface area contributed by atoms with Crippen molar-refractivity contribution in [2.75, 3.05) is 11.6 Å². The van der Waals surface area contributed by atoms with Gasteiger partial charge < -0.3 is 11.2 Å². The van der Waals surface area contributed by atoms with E-state index in [0.717, 1.165) is 16.4 Å². The molecular weight excluding hydrogens is 284 g/mol. The molecule has 0 saturated carbocycles. The Kier molecular flexibility index (Phi) is 5.50. The van der Waals surface area contributed by atoms with Crippen LogP contribution in [0.1, 0.15) is 19.5 Å². The number of aromatic nitrogens is 3. The third-order valence-electron chi connectivity index (χ3n) is 2.03. The van der Waals surface area contributed by atoms with Crippen molar-refractivity contribution in [3.05, 3.63) is 16.0 Å². The molecule has 0 bridgehead atoms. The highest BCUT2D eigenvalue weighted by atomic mass is 32.2. The van der Waals surface area contributed by atoms with Crippen LogP contribution in [0.4, 0.5) is 4.79 Å². The number of hydrogen-bond donors (Lipinski definition) is 3. The third kappa shape index (κ3) is 4.53. The summed E-state index contributed by atoms with van der Waals surface area (Å²) < 4.78 is 0.814. The van der Waals surface area contributed by atoms with Gasteiger partial charge in [-0.2, -0.15) is 4.68 Å². The smallest absolute Gasteiger partial charge is 0.321 e. The van der Waals surface area contributed by atoms with Crippen LogP contribution in [-0.4, -0.2) is 38.6 Å². The molecular formula is C10H16N6O3S. The van der Waals surface area contributed by atoms with Gasteiger partial charge in [0, 0.05) is 6.04 Å². The molecule has 0 saturated heterocycles. The van der Waals surface area contributed by atoms with Crippen molar-refractivity contribution in [3.8, 4) is 0 Å². The van der Waals surface area contributed by atoms with E-state index in [4.69, 9.17) is 5.84 Å². The van der Waals surface area contributed by atoms with E-state index in [-0.39, 0.29) is 22.6 Å². The molecule has 0 aliphatic heterocycles. The summed E-state index contributed by atoms with van der Waals surface area (Å²) in [4.78, 5) is 34.3. The second-order valence-electron chi connectivity index (χ2n) is 4.21. The molecule has 1 aromatic rings. The number of nitrogen functional groups attached to an aromatic ring is 1. The van der Waals surface area contributed by atoms with E-state index in [0.29, 0.717) is 0 Å². The highest BCUT2D eigenvalue weighted by Gasteiger charge is 2.12. The van der Waals surface area contributed by atoms with E-state index in [2.05, 4.69) is 20.8 Å². The first kappa shape index (κ1) is 16.0. The number of aryl methyl sites for hydroxylation is 1. The number of amides is 3. The number of nitrogens with zero attached hydrogens (tertiary/aromatic N) is 3. The van der Waals surface area contributed by atoms with E-state index in [1.807, 2.05) is 0 Å². The van der Waals surface area contributed by atoms with Crippen LogP contribution < -0.4 is 22.0 Å². The monoisotopic (exact) mass is 300 g/mol. The summed E-state index contributed by atoms with van der Waals surface area (Å²) in [6.45, 7) is 5.03. The molecule has 0 spiro atoms. The minimum Gasteiger partial charge on any atom is -0.336 e. The number of hydrogen-bond acceptors (Lipinski definition) is 7. The fourth-order valence-corrected chi connectivity index (χ4v) is 1.81. The van der Waals surface area contributed by atoms with E-state index in [1.54, 1.807) is 13.8 Å². The fraction of sp³-hybridized carbons (Fsp3) is 0.500. The zero-order valence-corrected chi connectivity index (χ0v) is 12.2. The van der Waals surface area contributed by atoms with Gasteiger partial charge in [-0.15, -0.1) is 10.2 Å². The van der Waals surface area contributed by atoms with Crippen LogP contribution in [0.15, 0.2) is 9.95 Å². The quantitative estimate of drug-likeness (QED) is 0.479. The molecule has 0 atom stereocenters. The largest absolute Gasteiger partial charge is 0.336 e. The first-order valence-electron chi connectivity index (χ1n) is 5.75. The third-order valence-corrected chi connectivity index (χ3v) is 2.97. The van der Waals surface area contributed by atoms with Gasteiger partial charge >= 0.3 is 6.03 Å². The van der Waals surface area contributed by atoms with Gasteiger partial charge in [-0.25, -0.2) is 4.79 Å². The predicted molar refractivity (Wildman–Crippen MR) is 73.7 cm³/mol. The summed E-state index contributed by atoms with van der Waals surface area (Å²) in [6, 6.07) is -0.654. The van der Waals surface area contributed by atoms with Gasteiger partial charge in [-0.3, -0.25) is 14.9 Å². The summed E-state index contributed by atoms with van der Waals surface area (Å²) >= 11 is 0.911. The Balaban J connectivity index is 2.56. The average molecular weight is 300 g/mol. The Morgan fingerprint density at radius 3 is 2.65 bits per heavy atom. The van der Waals surface area contributed by atoms with Crippen molar-refractivity contribution in [2.24, 2.45) is 0 Å². The Morgan fingerprint density at radius 1 is 1.40 bits per heavy atom. The zero-order chi connectivity index (χ0) is 15.3. The number of nitrogens with two attached hydrogens (primary N) is 1. The first-order valence-corrected chi connectivity index (χ1v) is 6.74. The Morgan fingerprint density at radius 2 is 2.05 bits per heavy atom. The number of carbonyl (C=O) groups is 2. The number of carbonyl (C=O) groups excluding carboxylic acids is 2. The normalized spacial score (nSPS) is 10.4. The molecule has 3 amide bonds. The van der Waals surface area contributed by atoms with Crippen molar-refractivity contribution in [1.82, 2.24) is 25.5 Å². The fourth-order valence-electron chi connectivity index (χ4n) is 1.16. The maximum atomic E-state index is 11.5. The minimum absolute atomic E-state index is 0.0763. The Labute approximate surface area is 119 Å². The van der Waals surface area contributed by atoms with Crippen molar-refractivity contribution < 1.29 is 9.59 Å². The van der Waals surface area contributed by atoms with Gasteiger partial charge in [0.15, 0.2) is 0 Å². The highest BCUT2D eigenvalue weighted by Crippen LogP contribution is 2.10. The van der Waals surface area contributed by atoms with Crippen LogP contribution in [0, 0.1) is 6.92 Å². The van der Waals surface area contributed by atoms with Gasteiger partial charge in [0.1, 0.15) is 5.69 Å². The van der Waals surface area contributed by atoms with Crippen LogP contribution in [-0.2, 0) is 4.79 Å². The SMILES string of the molecule is Cc1nnc(SCC(=O)NC(=O)NC(C)C)n(N)c1=O. The predicted octanol–water partition coefficient (Wildman–Crippen LogP) is -1.01. The van der Waals surface area contributed by atoms with Gasteiger partial charge in [0.25, 0.3) is 5.56 Å². The molecule has 0 aliphatic carbocycles. The first-order chi connectivity index (χ1) is 9.31. The number of rotatable bonds is 4. The molecule has 1 aromatic heterocycles. The molecule has 0 unspecified atom stereocenters. The Hall–Kier alpha value is -2.10. The zero-order valence-electron chi connectivity index (χ0n) is 11.3. The Bertz CT molecular complexity index is 571. The van der Waals surface area contributed by atoms with E-state index in [9.17, 15) is 14.4 Å². The summed E-state index contributed by atoms with van der Waals surface area (Å²) in [6.07, 6.45) is 0. The van der Waals surface area contributed by atoms with Gasteiger partial charge in [-0.1, -0.05) is 11.8 Å². The van der Waals surface area contributed by atoms with E-state index < -0.39 is 17.5 Å². The molecule has 10 heteroatoms. The van der Waals surface area contributed by atoms with Crippen molar-refractivity contribution >= 4 is 23.7 Å². The second kappa shape index (κ2) is 6.89. The molecule has 0 fully saturated rings. The minimum atomic E-state index is -0.578. The second-order valence-corrected chi connectivity index (χ2v) is 5.15. The molecule has 0 aromatic carbocycles. The summed E-state index contributed by atoms with van der Waals surface area (Å²) in [5.41, 5.74) is -0.321. The molecule has 110 valence electrons. The molecule has 4 N–H and O–H groups in total. The average Bonchev–Trinajstić information content (AvgIpc) is 2.34. The lowest BCUT2D eigenvalue weighted by Crippen LogP contribution is -2.43. The lowest BCUT2D eigenvalue weighted by atomic mass is 10.4. The van der Waals surface area contributed by atoms with Crippen LogP contribution in [0.3, 0.4) is 0 Å². The van der Waals surface area contributed by atoms with Crippen LogP contribution >= 0.6 is 11.8 Å². The number of thioether (sulfide) groups is 1. The topological polar surface area (TPSA) is 132 Å². The number of urea groups is 1. The molecule has 1 rings (SSSR count). The van der Waals surface area contributed by atoms with E-state index >= 15 is 0 Å². The van der Waals surface area contributed by atoms with Crippen molar-refractivity contribution in [3.63, 3.8) is 0 Å². The molecule has 9 nitrogen and oxygen atoms in total. The number of imide groups is 1. The maximum absolute atomic E-state index is 11.5.